The molecule has 3 heterocycles. The number of nitrogens with zero attached hydrogens (tertiary/aromatic N) is 2. The van der Waals surface area contributed by atoms with Crippen LogP contribution in [0.1, 0.15) is 5.56 Å². The Hall–Kier alpha value is -3.09. The maximum Gasteiger partial charge on any atom is 0.239 e. The lowest BCUT2D eigenvalue weighted by atomic mass is 9.96. The molecule has 1 aromatic carbocycles. The predicted octanol–water partition coefficient (Wildman–Crippen LogP) is 1.21. The quantitative estimate of drug-likeness (QED) is 0.867. The van der Waals surface area contributed by atoms with Crippen molar-refractivity contribution in [2.24, 2.45) is 5.92 Å². The molecule has 2 amide bonds. The highest BCUT2D eigenvalue weighted by atomic mass is 16.5. The molecule has 0 radical (unpaired) electrons. The lowest BCUT2D eigenvalue weighted by Gasteiger charge is -2.27. The first-order valence-corrected chi connectivity index (χ1v) is 8.68. The lowest BCUT2D eigenvalue weighted by molar-refractivity contribution is -0.121. The van der Waals surface area contributed by atoms with Crippen LogP contribution < -0.4 is 20.3 Å². The maximum atomic E-state index is 12.5. The molecule has 1 unspecified atom stereocenters. The minimum absolute atomic E-state index is 0.00647. The van der Waals surface area contributed by atoms with Crippen LogP contribution in [-0.2, 0) is 16.0 Å². The van der Waals surface area contributed by atoms with Gasteiger partial charge < -0.3 is 20.3 Å². The second-order valence-electron chi connectivity index (χ2n) is 6.49. The van der Waals surface area contributed by atoms with Gasteiger partial charge in [-0.05, 0) is 30.2 Å². The molecule has 2 aliphatic heterocycles. The topological polar surface area (TPSA) is 83.6 Å². The average molecular weight is 352 g/mol. The van der Waals surface area contributed by atoms with Gasteiger partial charge in [0.15, 0.2) is 0 Å². The average Bonchev–Trinajstić information content (AvgIpc) is 2.68. The molecule has 0 spiro atoms. The molecule has 1 aromatic heterocycles. The number of fused-ring (bicyclic) bond motifs is 1. The molecule has 7 heteroatoms. The number of pyridine rings is 1. The van der Waals surface area contributed by atoms with E-state index in [1.165, 1.54) is 0 Å². The first-order chi connectivity index (χ1) is 12.7. The Balaban J connectivity index is 1.38. The molecule has 2 aliphatic rings. The SMILES string of the molecule is O=C1CN(c2ccc(NC(=O)C3COc4ccccc4C3)cn2)CCN1. The second-order valence-corrected chi connectivity index (χ2v) is 6.49. The van der Waals surface area contributed by atoms with Crippen molar-refractivity contribution in [3.8, 4) is 5.75 Å². The zero-order valence-corrected chi connectivity index (χ0v) is 14.3. The molecule has 1 atom stereocenters. The predicted molar refractivity (Wildman–Crippen MR) is 97.2 cm³/mol. The van der Waals surface area contributed by atoms with Gasteiger partial charge in [0.2, 0.25) is 11.8 Å². The number of hydrogen-bond acceptors (Lipinski definition) is 5. The Morgan fingerprint density at radius 2 is 2.15 bits per heavy atom. The number of nitrogens with one attached hydrogen (secondary N) is 2. The van der Waals surface area contributed by atoms with Gasteiger partial charge in [-0.3, -0.25) is 9.59 Å². The first-order valence-electron chi connectivity index (χ1n) is 8.68. The molecular weight excluding hydrogens is 332 g/mol. The number of anilines is 2. The highest BCUT2D eigenvalue weighted by molar-refractivity contribution is 5.93. The van der Waals surface area contributed by atoms with E-state index < -0.39 is 0 Å². The number of carbonyl (C=O) groups is 2. The van der Waals surface area contributed by atoms with Crippen LogP contribution >= 0.6 is 0 Å². The maximum absolute atomic E-state index is 12.5. The summed E-state index contributed by atoms with van der Waals surface area (Å²) in [6.45, 7) is 2.01. The van der Waals surface area contributed by atoms with Crippen LogP contribution in [0.25, 0.3) is 0 Å². The van der Waals surface area contributed by atoms with E-state index in [0.29, 0.717) is 31.8 Å². The largest absolute Gasteiger partial charge is 0.492 e. The lowest BCUT2D eigenvalue weighted by Crippen LogP contribution is -2.48. The number of ether oxygens (including phenoxy) is 1. The highest BCUT2D eigenvalue weighted by Gasteiger charge is 2.26. The molecular formula is C19H20N4O3. The third-order valence-electron chi connectivity index (χ3n) is 4.63. The molecule has 0 bridgehead atoms. The normalized spacial score (nSPS) is 19.2. The van der Waals surface area contributed by atoms with E-state index in [0.717, 1.165) is 23.7 Å². The first kappa shape index (κ1) is 16.4. The van der Waals surface area contributed by atoms with Crippen LogP contribution in [-0.4, -0.2) is 43.0 Å². The Morgan fingerprint density at radius 1 is 1.27 bits per heavy atom. The van der Waals surface area contributed by atoms with E-state index in [2.05, 4.69) is 15.6 Å². The van der Waals surface area contributed by atoms with Crippen molar-refractivity contribution in [3.63, 3.8) is 0 Å². The molecule has 1 fully saturated rings. The fourth-order valence-electron chi connectivity index (χ4n) is 3.22. The summed E-state index contributed by atoms with van der Waals surface area (Å²) in [6, 6.07) is 11.4. The van der Waals surface area contributed by atoms with Crippen LogP contribution in [0.15, 0.2) is 42.6 Å². The van der Waals surface area contributed by atoms with E-state index >= 15 is 0 Å². The Bertz CT molecular complexity index is 822. The Morgan fingerprint density at radius 3 is 2.96 bits per heavy atom. The number of aromatic nitrogens is 1. The van der Waals surface area contributed by atoms with E-state index in [9.17, 15) is 9.59 Å². The standard InChI is InChI=1S/C19H20N4O3/c24-18-11-23(8-7-20-18)17-6-5-15(10-21-17)22-19(25)14-9-13-3-1-2-4-16(13)26-12-14/h1-6,10,14H,7-9,11-12H2,(H,20,24)(H,22,25). The van der Waals surface area contributed by atoms with Gasteiger partial charge in [-0.1, -0.05) is 18.2 Å². The monoisotopic (exact) mass is 352 g/mol. The van der Waals surface area contributed by atoms with E-state index in [-0.39, 0.29) is 17.7 Å². The van der Waals surface area contributed by atoms with Crippen molar-refractivity contribution >= 4 is 23.3 Å². The molecule has 134 valence electrons. The number of rotatable bonds is 3. The summed E-state index contributed by atoms with van der Waals surface area (Å²) in [5.41, 5.74) is 1.69. The molecule has 4 rings (SSSR count). The Labute approximate surface area is 151 Å². The number of amides is 2. The molecule has 2 N–H and O–H groups in total. The zero-order valence-electron chi connectivity index (χ0n) is 14.3. The number of para-hydroxylation sites is 1. The fourth-order valence-corrected chi connectivity index (χ4v) is 3.22. The highest BCUT2D eigenvalue weighted by Crippen LogP contribution is 2.27. The Kier molecular flexibility index (Phi) is 4.43. The third-order valence-corrected chi connectivity index (χ3v) is 4.63. The number of hydrogen-bond donors (Lipinski definition) is 2. The van der Waals surface area contributed by atoms with Gasteiger partial charge in [0.05, 0.1) is 24.3 Å². The van der Waals surface area contributed by atoms with Crippen molar-refractivity contribution in [1.29, 1.82) is 0 Å². The minimum Gasteiger partial charge on any atom is -0.492 e. The van der Waals surface area contributed by atoms with Crippen molar-refractivity contribution in [2.75, 3.05) is 36.5 Å². The second kappa shape index (κ2) is 7.03. The van der Waals surface area contributed by atoms with Gasteiger partial charge in [-0.25, -0.2) is 4.98 Å². The number of piperazine rings is 1. The molecule has 0 aliphatic carbocycles. The fraction of sp³-hybridized carbons (Fsp3) is 0.316. The third kappa shape index (κ3) is 3.46. The van der Waals surface area contributed by atoms with Crippen LogP contribution in [0, 0.1) is 5.92 Å². The van der Waals surface area contributed by atoms with Crippen molar-refractivity contribution in [2.45, 2.75) is 6.42 Å². The van der Waals surface area contributed by atoms with Crippen molar-refractivity contribution < 1.29 is 14.3 Å². The van der Waals surface area contributed by atoms with Gasteiger partial charge in [0.25, 0.3) is 0 Å². The van der Waals surface area contributed by atoms with Crippen LogP contribution in [0.4, 0.5) is 11.5 Å². The summed E-state index contributed by atoms with van der Waals surface area (Å²) in [5, 5.41) is 5.69. The minimum atomic E-state index is -0.227. The molecule has 2 aromatic rings. The summed E-state index contributed by atoms with van der Waals surface area (Å²) < 4.78 is 5.68. The summed E-state index contributed by atoms with van der Waals surface area (Å²) in [4.78, 5) is 30.3. The van der Waals surface area contributed by atoms with Crippen LogP contribution in [0.2, 0.25) is 0 Å². The van der Waals surface area contributed by atoms with Gasteiger partial charge in [-0.15, -0.1) is 0 Å². The number of carbonyl (C=O) groups excluding carboxylic acids is 2. The zero-order chi connectivity index (χ0) is 17.9. The van der Waals surface area contributed by atoms with E-state index in [1.807, 2.05) is 41.3 Å². The van der Waals surface area contributed by atoms with E-state index in [1.54, 1.807) is 6.20 Å². The van der Waals surface area contributed by atoms with Gasteiger partial charge in [0.1, 0.15) is 18.2 Å². The van der Waals surface area contributed by atoms with Gasteiger partial charge in [-0.2, -0.15) is 0 Å². The van der Waals surface area contributed by atoms with Gasteiger partial charge >= 0.3 is 0 Å². The molecule has 26 heavy (non-hydrogen) atoms. The number of benzene rings is 1. The smallest absolute Gasteiger partial charge is 0.239 e. The summed E-state index contributed by atoms with van der Waals surface area (Å²) >= 11 is 0. The van der Waals surface area contributed by atoms with Crippen molar-refractivity contribution in [3.05, 3.63) is 48.2 Å². The summed E-state index contributed by atoms with van der Waals surface area (Å²) in [7, 11) is 0. The van der Waals surface area contributed by atoms with Crippen molar-refractivity contribution in [1.82, 2.24) is 10.3 Å². The molecule has 1 saturated heterocycles. The summed E-state index contributed by atoms with van der Waals surface area (Å²) in [5.74, 6) is 1.27. The summed E-state index contributed by atoms with van der Waals surface area (Å²) in [6.07, 6.45) is 2.29. The molecule has 0 saturated carbocycles. The molecule has 7 nitrogen and oxygen atoms in total. The van der Waals surface area contributed by atoms with Crippen LogP contribution in [0.5, 0.6) is 5.75 Å². The van der Waals surface area contributed by atoms with Crippen LogP contribution in [0.3, 0.4) is 0 Å². The van der Waals surface area contributed by atoms with Gasteiger partial charge in [0, 0.05) is 13.1 Å². The van der Waals surface area contributed by atoms with E-state index in [4.69, 9.17) is 4.74 Å².